The molecular weight excluding hydrogens is 326 g/mol. The summed E-state index contributed by atoms with van der Waals surface area (Å²) in [5.74, 6) is -0.596. The number of rotatable bonds is 6. The number of carboxylic acids is 1. The Morgan fingerprint density at radius 3 is 2.65 bits per heavy atom. The largest absolute Gasteiger partial charge is 0.481 e. The maximum absolute atomic E-state index is 12.0. The van der Waals surface area contributed by atoms with E-state index in [0.29, 0.717) is 5.75 Å². The first kappa shape index (κ1) is 16.5. The molecule has 0 radical (unpaired) electrons. The number of benzene rings is 1. The quantitative estimate of drug-likeness (QED) is 0.861. The Morgan fingerprint density at radius 1 is 1.45 bits per heavy atom. The van der Waals surface area contributed by atoms with Crippen molar-refractivity contribution in [2.45, 2.75) is 26.4 Å². The molecule has 1 aromatic carbocycles. The lowest BCUT2D eigenvalue weighted by Crippen LogP contribution is -2.39. The van der Waals surface area contributed by atoms with Crippen LogP contribution in [-0.2, 0) is 9.59 Å². The van der Waals surface area contributed by atoms with Crippen LogP contribution in [0.3, 0.4) is 0 Å². The number of hydrogen-bond acceptors (Lipinski definition) is 3. The predicted octanol–water partition coefficient (Wildman–Crippen LogP) is 2.46. The van der Waals surface area contributed by atoms with Crippen molar-refractivity contribution in [3.63, 3.8) is 0 Å². The van der Waals surface area contributed by atoms with Gasteiger partial charge in [0.15, 0.2) is 6.10 Å². The van der Waals surface area contributed by atoms with Gasteiger partial charge < -0.3 is 14.7 Å². The highest BCUT2D eigenvalue weighted by molar-refractivity contribution is 9.10. The molecule has 0 aliphatic heterocycles. The Balaban J connectivity index is 2.63. The van der Waals surface area contributed by atoms with Crippen LogP contribution in [0, 0.1) is 6.92 Å². The molecule has 6 heteroatoms. The molecule has 5 nitrogen and oxygen atoms in total. The van der Waals surface area contributed by atoms with Crippen LogP contribution in [0.5, 0.6) is 5.75 Å². The van der Waals surface area contributed by atoms with Crippen molar-refractivity contribution in [3.05, 3.63) is 28.2 Å². The Morgan fingerprint density at radius 2 is 2.10 bits per heavy atom. The minimum absolute atomic E-state index is 0.0802. The van der Waals surface area contributed by atoms with Crippen LogP contribution in [0.4, 0.5) is 0 Å². The summed E-state index contributed by atoms with van der Waals surface area (Å²) in [6, 6.07) is 5.59. The Labute approximate surface area is 126 Å². The fourth-order valence-corrected chi connectivity index (χ4v) is 2.21. The summed E-state index contributed by atoms with van der Waals surface area (Å²) in [6.45, 7) is 3.77. The van der Waals surface area contributed by atoms with E-state index in [-0.39, 0.29) is 18.9 Å². The van der Waals surface area contributed by atoms with Crippen molar-refractivity contribution in [2.24, 2.45) is 0 Å². The molecule has 110 valence electrons. The number of aliphatic carboxylic acids is 1. The molecule has 0 spiro atoms. The van der Waals surface area contributed by atoms with Crippen molar-refractivity contribution in [3.8, 4) is 5.75 Å². The van der Waals surface area contributed by atoms with Gasteiger partial charge in [0.2, 0.25) is 0 Å². The molecule has 1 amide bonds. The van der Waals surface area contributed by atoms with Gasteiger partial charge in [0.05, 0.1) is 10.9 Å². The van der Waals surface area contributed by atoms with Gasteiger partial charge >= 0.3 is 5.97 Å². The maximum atomic E-state index is 12.0. The van der Waals surface area contributed by atoms with E-state index in [9.17, 15) is 9.59 Å². The van der Waals surface area contributed by atoms with Crippen molar-refractivity contribution in [1.29, 1.82) is 0 Å². The fraction of sp³-hybridized carbons (Fsp3) is 0.429. The van der Waals surface area contributed by atoms with Gasteiger partial charge in [0.1, 0.15) is 5.75 Å². The maximum Gasteiger partial charge on any atom is 0.305 e. The van der Waals surface area contributed by atoms with E-state index in [4.69, 9.17) is 9.84 Å². The van der Waals surface area contributed by atoms with Gasteiger partial charge in [-0.2, -0.15) is 0 Å². The highest BCUT2D eigenvalue weighted by Crippen LogP contribution is 2.26. The van der Waals surface area contributed by atoms with Gasteiger partial charge in [0, 0.05) is 13.6 Å². The molecule has 0 bridgehead atoms. The standard InChI is InChI=1S/C14H18BrNO4/c1-9-4-5-12(11(15)8-9)20-10(2)14(19)16(3)7-6-13(17)18/h4-5,8,10H,6-7H2,1-3H3,(H,17,18). The lowest BCUT2D eigenvalue weighted by Gasteiger charge is -2.22. The zero-order valence-corrected chi connectivity index (χ0v) is 13.3. The lowest BCUT2D eigenvalue weighted by atomic mass is 10.2. The zero-order chi connectivity index (χ0) is 15.3. The number of amides is 1. The van der Waals surface area contributed by atoms with Gasteiger partial charge in [-0.05, 0) is 47.5 Å². The topological polar surface area (TPSA) is 66.8 Å². The number of aryl methyl sites for hydroxylation is 1. The molecular formula is C14H18BrNO4. The van der Waals surface area contributed by atoms with Crippen LogP contribution in [0.25, 0.3) is 0 Å². The molecule has 0 saturated heterocycles. The van der Waals surface area contributed by atoms with Gasteiger partial charge in [-0.3, -0.25) is 9.59 Å². The molecule has 0 aromatic heterocycles. The second kappa shape index (κ2) is 7.28. The van der Waals surface area contributed by atoms with Crippen LogP contribution in [-0.4, -0.2) is 41.6 Å². The molecule has 1 unspecified atom stereocenters. The number of carbonyl (C=O) groups excluding carboxylic acids is 1. The van der Waals surface area contributed by atoms with Crippen LogP contribution in [0.2, 0.25) is 0 Å². The summed E-state index contributed by atoms with van der Waals surface area (Å²) in [5.41, 5.74) is 1.08. The highest BCUT2D eigenvalue weighted by atomic mass is 79.9. The summed E-state index contributed by atoms with van der Waals surface area (Å²) >= 11 is 3.38. The summed E-state index contributed by atoms with van der Waals surface area (Å²) in [4.78, 5) is 23.9. The third kappa shape index (κ3) is 4.85. The lowest BCUT2D eigenvalue weighted by molar-refractivity contribution is -0.140. The normalized spacial score (nSPS) is 11.8. The first-order valence-corrected chi connectivity index (χ1v) is 7.00. The van der Waals surface area contributed by atoms with E-state index in [0.717, 1.165) is 10.0 Å². The molecule has 0 heterocycles. The first-order chi connectivity index (χ1) is 9.31. The molecule has 0 saturated carbocycles. The van der Waals surface area contributed by atoms with Crippen LogP contribution in [0.1, 0.15) is 18.9 Å². The van der Waals surface area contributed by atoms with Crippen molar-refractivity contribution < 1.29 is 19.4 Å². The van der Waals surface area contributed by atoms with E-state index in [2.05, 4.69) is 15.9 Å². The Kier molecular flexibility index (Phi) is 6.01. The van der Waals surface area contributed by atoms with Crippen molar-refractivity contribution in [2.75, 3.05) is 13.6 Å². The average Bonchev–Trinajstić information content (AvgIpc) is 2.38. The smallest absolute Gasteiger partial charge is 0.305 e. The summed E-state index contributed by atoms with van der Waals surface area (Å²) in [7, 11) is 1.56. The van der Waals surface area contributed by atoms with Crippen molar-refractivity contribution in [1.82, 2.24) is 4.90 Å². The summed E-state index contributed by atoms with van der Waals surface area (Å²) in [6.07, 6.45) is -0.754. The highest BCUT2D eigenvalue weighted by Gasteiger charge is 2.20. The number of hydrogen-bond donors (Lipinski definition) is 1. The minimum Gasteiger partial charge on any atom is -0.481 e. The van der Waals surface area contributed by atoms with Crippen LogP contribution in [0.15, 0.2) is 22.7 Å². The van der Waals surface area contributed by atoms with Crippen LogP contribution >= 0.6 is 15.9 Å². The number of likely N-dealkylation sites (N-methyl/N-ethyl adjacent to an activating group) is 1. The number of ether oxygens (including phenoxy) is 1. The van der Waals surface area contributed by atoms with Crippen molar-refractivity contribution >= 4 is 27.8 Å². The fourth-order valence-electron chi connectivity index (χ4n) is 1.63. The third-order valence-corrected chi connectivity index (χ3v) is 3.40. The molecule has 0 fully saturated rings. The molecule has 1 aromatic rings. The number of carbonyl (C=O) groups is 2. The summed E-state index contributed by atoms with van der Waals surface area (Å²) in [5, 5.41) is 8.60. The van der Waals surface area contributed by atoms with Gasteiger partial charge in [-0.15, -0.1) is 0 Å². The minimum atomic E-state index is -0.931. The summed E-state index contributed by atoms with van der Waals surface area (Å²) < 4.78 is 6.39. The molecule has 1 N–H and O–H groups in total. The van der Waals surface area contributed by atoms with Crippen LogP contribution < -0.4 is 4.74 Å². The molecule has 1 atom stereocenters. The molecule has 0 aliphatic rings. The Hall–Kier alpha value is -1.56. The predicted molar refractivity (Wildman–Crippen MR) is 78.9 cm³/mol. The molecule has 0 aliphatic carbocycles. The van der Waals surface area contributed by atoms with E-state index in [1.807, 2.05) is 19.1 Å². The number of nitrogens with zero attached hydrogens (tertiary/aromatic N) is 1. The SMILES string of the molecule is Cc1ccc(OC(C)C(=O)N(C)CCC(=O)O)c(Br)c1. The zero-order valence-electron chi connectivity index (χ0n) is 11.7. The number of carboxylic acid groups (broad SMARTS) is 1. The second-order valence-corrected chi connectivity index (χ2v) is 5.45. The number of halogens is 1. The van der Waals surface area contributed by atoms with Gasteiger partial charge in [-0.1, -0.05) is 6.07 Å². The average molecular weight is 344 g/mol. The second-order valence-electron chi connectivity index (χ2n) is 4.60. The molecule has 20 heavy (non-hydrogen) atoms. The van der Waals surface area contributed by atoms with Gasteiger partial charge in [-0.25, -0.2) is 0 Å². The van der Waals surface area contributed by atoms with E-state index in [1.165, 1.54) is 4.90 Å². The monoisotopic (exact) mass is 343 g/mol. The van der Waals surface area contributed by atoms with Gasteiger partial charge in [0.25, 0.3) is 5.91 Å². The van der Waals surface area contributed by atoms with E-state index >= 15 is 0 Å². The first-order valence-electron chi connectivity index (χ1n) is 6.21. The molecule has 1 rings (SSSR count). The van der Waals surface area contributed by atoms with E-state index in [1.54, 1.807) is 20.0 Å². The third-order valence-electron chi connectivity index (χ3n) is 2.78. The Bertz CT molecular complexity index is 504. The van der Waals surface area contributed by atoms with E-state index < -0.39 is 12.1 Å².